The van der Waals surface area contributed by atoms with E-state index in [1.54, 1.807) is 7.11 Å². The third-order valence-corrected chi connectivity index (χ3v) is 4.83. The topological polar surface area (TPSA) is 96.1 Å². The summed E-state index contributed by atoms with van der Waals surface area (Å²) in [5.74, 6) is 1.45. The molecule has 7 heteroatoms. The molecule has 7 nitrogen and oxygen atoms in total. The fourth-order valence-corrected chi connectivity index (χ4v) is 3.09. The van der Waals surface area contributed by atoms with Crippen LogP contribution in [0.25, 0.3) is 11.0 Å². The Hall–Kier alpha value is -2.83. The average molecular weight is 370 g/mol. The molecule has 0 bridgehead atoms. The molecule has 1 aromatic heterocycles. The lowest BCUT2D eigenvalue weighted by Crippen LogP contribution is -2.49. The fraction of sp³-hybridized carbons (Fsp3) is 0.450. The van der Waals surface area contributed by atoms with Gasteiger partial charge in [-0.3, -0.25) is 14.9 Å². The standard InChI is InChI=1S/C10H14N2O2.C10H12N2O/c13-9-5-4-8(10(14)12-9)11-6-7-2-1-3-7;1-6-4-8(13-3)5-9-10(6)12-7(2)11-9/h6,8,11H,1-5H2,(H,12,13,14);4-5H,1-3H3,(H,11,12). The zero-order chi connectivity index (χ0) is 19.4. The average Bonchev–Trinajstić information content (AvgIpc) is 2.97. The smallest absolute Gasteiger partial charge is 0.249 e. The number of nitrogens with zero attached hydrogens (tertiary/aromatic N) is 1. The van der Waals surface area contributed by atoms with E-state index in [0.29, 0.717) is 12.8 Å². The first-order chi connectivity index (χ1) is 13.0. The number of H-pyrrole nitrogens is 1. The van der Waals surface area contributed by atoms with Crippen LogP contribution in [0.3, 0.4) is 0 Å². The van der Waals surface area contributed by atoms with Crippen molar-refractivity contribution in [2.75, 3.05) is 7.11 Å². The molecule has 0 spiro atoms. The van der Waals surface area contributed by atoms with Gasteiger partial charge in [0.2, 0.25) is 11.8 Å². The number of ether oxygens (including phenoxy) is 1. The van der Waals surface area contributed by atoms with E-state index in [0.717, 1.165) is 41.0 Å². The molecule has 144 valence electrons. The van der Waals surface area contributed by atoms with E-state index >= 15 is 0 Å². The molecule has 2 aromatic rings. The molecule has 1 saturated carbocycles. The minimum atomic E-state index is -0.221. The van der Waals surface area contributed by atoms with Crippen LogP contribution in [0, 0.1) is 13.8 Å². The van der Waals surface area contributed by atoms with Gasteiger partial charge in [-0.1, -0.05) is 5.57 Å². The maximum absolute atomic E-state index is 11.3. The van der Waals surface area contributed by atoms with E-state index in [-0.39, 0.29) is 17.9 Å². The number of benzene rings is 1. The van der Waals surface area contributed by atoms with Gasteiger partial charge in [0.05, 0.1) is 18.1 Å². The second-order valence-electron chi connectivity index (χ2n) is 6.99. The van der Waals surface area contributed by atoms with Crippen LogP contribution in [-0.2, 0) is 9.59 Å². The number of hydrogen-bond donors (Lipinski definition) is 3. The van der Waals surface area contributed by atoms with E-state index < -0.39 is 0 Å². The second kappa shape index (κ2) is 8.24. The molecule has 0 radical (unpaired) electrons. The first-order valence-corrected chi connectivity index (χ1v) is 9.25. The molecule has 1 aliphatic carbocycles. The lowest BCUT2D eigenvalue weighted by atomic mass is 9.93. The van der Waals surface area contributed by atoms with Crippen LogP contribution >= 0.6 is 0 Å². The fourth-order valence-electron chi connectivity index (χ4n) is 3.09. The summed E-state index contributed by atoms with van der Waals surface area (Å²) >= 11 is 0. The Morgan fingerprint density at radius 2 is 2.00 bits per heavy atom. The monoisotopic (exact) mass is 370 g/mol. The molecule has 1 aliphatic heterocycles. The van der Waals surface area contributed by atoms with Gasteiger partial charge in [-0.2, -0.15) is 0 Å². The molecule has 1 saturated heterocycles. The summed E-state index contributed by atoms with van der Waals surface area (Å²) < 4.78 is 5.16. The molecule has 27 heavy (non-hydrogen) atoms. The highest BCUT2D eigenvalue weighted by Crippen LogP contribution is 2.24. The lowest BCUT2D eigenvalue weighted by Gasteiger charge is -2.23. The normalized spacial score (nSPS) is 18.9. The van der Waals surface area contributed by atoms with Crippen molar-refractivity contribution in [1.82, 2.24) is 20.6 Å². The number of rotatable bonds is 3. The molecule has 2 heterocycles. The van der Waals surface area contributed by atoms with Crippen LogP contribution < -0.4 is 15.4 Å². The van der Waals surface area contributed by atoms with Crippen molar-refractivity contribution in [3.63, 3.8) is 0 Å². The summed E-state index contributed by atoms with van der Waals surface area (Å²) in [6.07, 6.45) is 6.51. The van der Waals surface area contributed by atoms with Gasteiger partial charge >= 0.3 is 0 Å². The summed E-state index contributed by atoms with van der Waals surface area (Å²) in [6, 6.07) is 3.73. The molecule has 1 atom stereocenters. The number of allylic oxidation sites excluding steroid dienone is 1. The Morgan fingerprint density at radius 3 is 2.63 bits per heavy atom. The summed E-state index contributed by atoms with van der Waals surface area (Å²) in [6.45, 7) is 3.98. The van der Waals surface area contributed by atoms with Crippen LogP contribution in [0.4, 0.5) is 0 Å². The Morgan fingerprint density at radius 1 is 1.22 bits per heavy atom. The minimum Gasteiger partial charge on any atom is -0.497 e. The van der Waals surface area contributed by atoms with Gasteiger partial charge in [0.1, 0.15) is 17.6 Å². The van der Waals surface area contributed by atoms with E-state index in [9.17, 15) is 9.59 Å². The Bertz CT molecular complexity index is 879. The largest absolute Gasteiger partial charge is 0.497 e. The van der Waals surface area contributed by atoms with Crippen molar-refractivity contribution < 1.29 is 14.3 Å². The Balaban J connectivity index is 0.000000156. The molecule has 2 aliphatic rings. The van der Waals surface area contributed by atoms with Crippen LogP contribution in [0.1, 0.15) is 43.5 Å². The molecule has 1 unspecified atom stereocenters. The number of amides is 2. The van der Waals surface area contributed by atoms with Crippen molar-refractivity contribution in [2.45, 2.75) is 52.0 Å². The van der Waals surface area contributed by atoms with Gasteiger partial charge in [-0.25, -0.2) is 4.98 Å². The SMILES string of the molecule is COc1cc(C)c2nc(C)[nH]c2c1.O=C1CCC(NC=C2CCC2)C(=O)N1. The molecule has 3 N–H and O–H groups in total. The van der Waals surface area contributed by atoms with E-state index in [1.807, 2.05) is 32.2 Å². The number of methoxy groups -OCH3 is 1. The molecular weight excluding hydrogens is 344 g/mol. The van der Waals surface area contributed by atoms with Gasteiger partial charge in [0, 0.05) is 12.5 Å². The first-order valence-electron chi connectivity index (χ1n) is 9.25. The van der Waals surface area contributed by atoms with Crippen LogP contribution in [0.15, 0.2) is 23.9 Å². The predicted molar refractivity (Wildman–Crippen MR) is 103 cm³/mol. The number of carbonyl (C=O) groups excluding carboxylic acids is 2. The van der Waals surface area contributed by atoms with Crippen molar-refractivity contribution in [2.24, 2.45) is 0 Å². The van der Waals surface area contributed by atoms with Crippen molar-refractivity contribution in [3.8, 4) is 5.75 Å². The van der Waals surface area contributed by atoms with E-state index in [4.69, 9.17) is 4.74 Å². The predicted octanol–water partition coefficient (Wildman–Crippen LogP) is 2.64. The van der Waals surface area contributed by atoms with Crippen LogP contribution in [0.2, 0.25) is 0 Å². The Labute approximate surface area is 158 Å². The summed E-state index contributed by atoms with van der Waals surface area (Å²) in [5.41, 5.74) is 4.57. The highest BCUT2D eigenvalue weighted by atomic mass is 16.5. The number of aromatic amines is 1. The highest BCUT2D eigenvalue weighted by Gasteiger charge is 2.25. The third kappa shape index (κ3) is 4.67. The number of hydrogen-bond acceptors (Lipinski definition) is 5. The number of fused-ring (bicyclic) bond motifs is 1. The van der Waals surface area contributed by atoms with E-state index in [2.05, 4.69) is 20.6 Å². The van der Waals surface area contributed by atoms with Gasteiger partial charge in [-0.15, -0.1) is 0 Å². The molecular formula is C20H26N4O3. The quantitative estimate of drug-likeness (QED) is 0.722. The number of carbonyl (C=O) groups is 2. The third-order valence-electron chi connectivity index (χ3n) is 4.83. The molecule has 2 amide bonds. The van der Waals surface area contributed by atoms with Gasteiger partial charge in [-0.05, 0) is 57.4 Å². The number of aromatic nitrogens is 2. The van der Waals surface area contributed by atoms with Gasteiger partial charge in [0.25, 0.3) is 0 Å². The number of imide groups is 1. The highest BCUT2D eigenvalue weighted by molar-refractivity contribution is 6.00. The maximum atomic E-state index is 11.3. The van der Waals surface area contributed by atoms with Crippen LogP contribution in [-0.4, -0.2) is 34.9 Å². The van der Waals surface area contributed by atoms with Gasteiger partial charge < -0.3 is 15.0 Å². The van der Waals surface area contributed by atoms with Crippen LogP contribution in [0.5, 0.6) is 5.75 Å². The lowest BCUT2D eigenvalue weighted by molar-refractivity contribution is -0.134. The van der Waals surface area contributed by atoms with E-state index in [1.165, 1.54) is 12.0 Å². The maximum Gasteiger partial charge on any atom is 0.249 e. The number of aryl methyl sites for hydroxylation is 2. The summed E-state index contributed by atoms with van der Waals surface area (Å²) in [5, 5.41) is 5.39. The zero-order valence-electron chi connectivity index (χ0n) is 16.0. The Kier molecular flexibility index (Phi) is 5.78. The molecule has 1 aromatic carbocycles. The zero-order valence-corrected chi connectivity index (χ0v) is 16.0. The van der Waals surface area contributed by atoms with Crippen molar-refractivity contribution >= 4 is 22.8 Å². The first kappa shape index (κ1) is 18.9. The summed E-state index contributed by atoms with van der Waals surface area (Å²) in [7, 11) is 1.67. The second-order valence-corrected chi connectivity index (χ2v) is 6.99. The number of piperidine rings is 1. The molecule has 2 fully saturated rings. The molecule has 4 rings (SSSR count). The van der Waals surface area contributed by atoms with Gasteiger partial charge in [0.15, 0.2) is 0 Å². The number of imidazole rings is 1. The van der Waals surface area contributed by atoms with Crippen molar-refractivity contribution in [1.29, 1.82) is 0 Å². The number of nitrogens with one attached hydrogen (secondary N) is 3. The summed E-state index contributed by atoms with van der Waals surface area (Å²) in [4.78, 5) is 29.7. The minimum absolute atomic E-state index is 0.163. The van der Waals surface area contributed by atoms with Crippen molar-refractivity contribution in [3.05, 3.63) is 35.3 Å².